The molecule has 0 aliphatic heterocycles. The van der Waals surface area contributed by atoms with Crippen molar-refractivity contribution in [2.45, 2.75) is 4.90 Å². The monoisotopic (exact) mass is 405 g/mol. The van der Waals surface area contributed by atoms with Gasteiger partial charge >= 0.3 is 0 Å². The average molecular weight is 405 g/mol. The van der Waals surface area contributed by atoms with Gasteiger partial charge in [-0.15, -0.1) is 0 Å². The van der Waals surface area contributed by atoms with Gasteiger partial charge in [0.2, 0.25) is 10.0 Å². The molecule has 0 unspecified atom stereocenters. The summed E-state index contributed by atoms with van der Waals surface area (Å²) in [4.78, 5) is 0.0115. The summed E-state index contributed by atoms with van der Waals surface area (Å²) in [6, 6.07) is 25.7. The molecule has 0 saturated carbocycles. The van der Waals surface area contributed by atoms with Crippen molar-refractivity contribution < 1.29 is 13.2 Å². The molecule has 0 aliphatic carbocycles. The van der Waals surface area contributed by atoms with Gasteiger partial charge in [0.1, 0.15) is 10.6 Å². The zero-order chi connectivity index (χ0) is 20.4. The molecular formula is C22H19N3O3S. The van der Waals surface area contributed by atoms with Gasteiger partial charge in [-0.3, -0.25) is 0 Å². The quantitative estimate of drug-likeness (QED) is 0.546. The van der Waals surface area contributed by atoms with E-state index in [2.05, 4.69) is 0 Å². The second-order valence-corrected chi connectivity index (χ2v) is 7.96. The van der Waals surface area contributed by atoms with Crippen LogP contribution in [-0.4, -0.2) is 25.3 Å². The Labute approximate surface area is 169 Å². The smallest absolute Gasteiger partial charge is 0.240 e. The third-order valence-corrected chi connectivity index (χ3v) is 5.52. The van der Waals surface area contributed by atoms with E-state index in [-0.39, 0.29) is 4.90 Å². The van der Waals surface area contributed by atoms with Gasteiger partial charge in [-0.2, -0.15) is 5.10 Å². The SMILES string of the molecule is COc1ccc(-c2cc(-c3ccccc3)nn2-c2ccccc2S(N)(=O)=O)cc1. The van der Waals surface area contributed by atoms with Gasteiger partial charge in [-0.25, -0.2) is 18.2 Å². The fourth-order valence-electron chi connectivity index (χ4n) is 3.15. The number of methoxy groups -OCH3 is 1. The second kappa shape index (κ2) is 7.54. The van der Waals surface area contributed by atoms with Crippen molar-refractivity contribution in [1.82, 2.24) is 9.78 Å². The Morgan fingerprint density at radius 1 is 0.862 bits per heavy atom. The second-order valence-electron chi connectivity index (χ2n) is 6.43. The van der Waals surface area contributed by atoms with E-state index in [1.165, 1.54) is 6.07 Å². The van der Waals surface area contributed by atoms with Gasteiger partial charge < -0.3 is 4.74 Å². The van der Waals surface area contributed by atoms with E-state index >= 15 is 0 Å². The molecule has 6 nitrogen and oxygen atoms in total. The lowest BCUT2D eigenvalue weighted by molar-refractivity contribution is 0.415. The van der Waals surface area contributed by atoms with E-state index in [0.29, 0.717) is 5.69 Å². The topological polar surface area (TPSA) is 87.2 Å². The molecule has 7 heteroatoms. The lowest BCUT2D eigenvalue weighted by Gasteiger charge is -2.11. The molecule has 0 atom stereocenters. The fourth-order valence-corrected chi connectivity index (χ4v) is 3.87. The third kappa shape index (κ3) is 3.78. The number of nitrogens with zero attached hydrogens (tertiary/aromatic N) is 2. The normalized spacial score (nSPS) is 11.4. The molecule has 2 N–H and O–H groups in total. The Morgan fingerprint density at radius 3 is 2.17 bits per heavy atom. The molecule has 3 aromatic carbocycles. The first kappa shape index (κ1) is 18.9. The largest absolute Gasteiger partial charge is 0.497 e. The van der Waals surface area contributed by atoms with E-state index in [1.807, 2.05) is 60.7 Å². The molecule has 0 fully saturated rings. The maximum atomic E-state index is 12.2. The minimum absolute atomic E-state index is 0.0115. The van der Waals surface area contributed by atoms with E-state index in [4.69, 9.17) is 15.0 Å². The number of para-hydroxylation sites is 1. The van der Waals surface area contributed by atoms with Crippen molar-refractivity contribution in [3.63, 3.8) is 0 Å². The number of aromatic nitrogens is 2. The molecule has 1 aromatic heterocycles. The predicted molar refractivity (Wildman–Crippen MR) is 112 cm³/mol. The first-order valence-corrected chi connectivity index (χ1v) is 10.4. The maximum Gasteiger partial charge on any atom is 0.240 e. The molecule has 0 bridgehead atoms. The van der Waals surface area contributed by atoms with Crippen molar-refractivity contribution in [3.05, 3.63) is 84.9 Å². The van der Waals surface area contributed by atoms with Gasteiger partial charge in [0.15, 0.2) is 0 Å². The summed E-state index contributed by atoms with van der Waals surface area (Å²) in [6.45, 7) is 0. The number of rotatable bonds is 5. The minimum atomic E-state index is -3.93. The van der Waals surface area contributed by atoms with E-state index in [1.54, 1.807) is 30.0 Å². The standard InChI is InChI=1S/C22H19N3O3S/c1-28-18-13-11-17(12-14-18)21-15-19(16-7-3-2-4-8-16)24-25(21)20-9-5-6-10-22(20)29(23,26)27/h2-15H,1H3,(H2,23,26,27). The zero-order valence-corrected chi connectivity index (χ0v) is 16.5. The highest BCUT2D eigenvalue weighted by atomic mass is 32.2. The first-order valence-electron chi connectivity index (χ1n) is 8.89. The lowest BCUT2D eigenvalue weighted by Crippen LogP contribution is -2.16. The van der Waals surface area contributed by atoms with Crippen LogP contribution in [0.15, 0.2) is 89.8 Å². The Bertz CT molecular complexity index is 1250. The number of ether oxygens (including phenoxy) is 1. The number of primary sulfonamides is 1. The van der Waals surface area contributed by atoms with Crippen LogP contribution in [0.25, 0.3) is 28.2 Å². The van der Waals surface area contributed by atoms with Gasteiger partial charge in [-0.1, -0.05) is 42.5 Å². The number of benzene rings is 3. The highest BCUT2D eigenvalue weighted by molar-refractivity contribution is 7.89. The van der Waals surface area contributed by atoms with Crippen molar-refractivity contribution in [1.29, 1.82) is 0 Å². The molecule has 1 heterocycles. The third-order valence-electron chi connectivity index (χ3n) is 4.56. The summed E-state index contributed by atoms with van der Waals surface area (Å²) >= 11 is 0. The highest BCUT2D eigenvalue weighted by Gasteiger charge is 2.20. The van der Waals surface area contributed by atoms with Crippen LogP contribution in [0.1, 0.15) is 0 Å². The molecular weight excluding hydrogens is 386 g/mol. The Hall–Kier alpha value is -3.42. The van der Waals surface area contributed by atoms with Crippen molar-refractivity contribution in [3.8, 4) is 34.0 Å². The number of hydrogen-bond acceptors (Lipinski definition) is 4. The van der Waals surface area contributed by atoms with Crippen LogP contribution < -0.4 is 9.88 Å². The Kier molecular flexibility index (Phi) is 4.92. The summed E-state index contributed by atoms with van der Waals surface area (Å²) in [5, 5.41) is 10.2. The highest BCUT2D eigenvalue weighted by Crippen LogP contribution is 2.31. The van der Waals surface area contributed by atoms with Gasteiger partial charge in [-0.05, 0) is 42.5 Å². The molecule has 0 spiro atoms. The average Bonchev–Trinajstić information content (AvgIpc) is 3.19. The van der Waals surface area contributed by atoms with E-state index < -0.39 is 10.0 Å². The summed E-state index contributed by atoms with van der Waals surface area (Å²) in [6.07, 6.45) is 0. The van der Waals surface area contributed by atoms with Crippen LogP contribution in [0.2, 0.25) is 0 Å². The number of nitrogens with two attached hydrogens (primary N) is 1. The predicted octanol–water partition coefficient (Wildman–Crippen LogP) is 3.86. The van der Waals surface area contributed by atoms with Gasteiger partial charge in [0, 0.05) is 11.1 Å². The van der Waals surface area contributed by atoms with Crippen LogP contribution in [0.5, 0.6) is 5.75 Å². The molecule has 0 radical (unpaired) electrons. The summed E-state index contributed by atoms with van der Waals surface area (Å²) in [7, 11) is -2.32. The summed E-state index contributed by atoms with van der Waals surface area (Å²) < 4.78 is 31.2. The van der Waals surface area contributed by atoms with Crippen LogP contribution in [0.4, 0.5) is 0 Å². The van der Waals surface area contributed by atoms with Gasteiger partial charge in [0.25, 0.3) is 0 Å². The van der Waals surface area contributed by atoms with E-state index in [0.717, 1.165) is 28.3 Å². The van der Waals surface area contributed by atoms with Crippen molar-refractivity contribution in [2.75, 3.05) is 7.11 Å². The minimum Gasteiger partial charge on any atom is -0.497 e. The number of sulfonamides is 1. The Balaban J connectivity index is 1.97. The zero-order valence-electron chi connectivity index (χ0n) is 15.7. The molecule has 4 aromatic rings. The van der Waals surface area contributed by atoms with Gasteiger partial charge in [0.05, 0.1) is 24.2 Å². The molecule has 4 rings (SSSR count). The number of hydrogen-bond donors (Lipinski definition) is 1. The molecule has 0 aliphatic rings. The molecule has 0 saturated heterocycles. The van der Waals surface area contributed by atoms with Crippen LogP contribution >= 0.6 is 0 Å². The fraction of sp³-hybridized carbons (Fsp3) is 0.0455. The molecule has 29 heavy (non-hydrogen) atoms. The maximum absolute atomic E-state index is 12.2. The van der Waals surface area contributed by atoms with Crippen LogP contribution in [0.3, 0.4) is 0 Å². The summed E-state index contributed by atoms with van der Waals surface area (Å²) in [5.41, 5.74) is 3.64. The van der Waals surface area contributed by atoms with Crippen LogP contribution in [0, 0.1) is 0 Å². The lowest BCUT2D eigenvalue weighted by atomic mass is 10.1. The first-order chi connectivity index (χ1) is 14.0. The molecule has 0 amide bonds. The van der Waals surface area contributed by atoms with Crippen molar-refractivity contribution in [2.24, 2.45) is 5.14 Å². The van der Waals surface area contributed by atoms with Crippen LogP contribution in [-0.2, 0) is 10.0 Å². The van der Waals surface area contributed by atoms with E-state index in [9.17, 15) is 8.42 Å². The van der Waals surface area contributed by atoms with Crippen molar-refractivity contribution >= 4 is 10.0 Å². The molecule has 146 valence electrons. The Morgan fingerprint density at radius 2 is 1.52 bits per heavy atom. The summed E-state index contributed by atoms with van der Waals surface area (Å²) in [5.74, 6) is 0.730.